The number of carboxylic acid groups (broad SMARTS) is 1. The van der Waals surface area contributed by atoms with Crippen molar-refractivity contribution in [2.75, 3.05) is 13.2 Å². The minimum Gasteiger partial charge on any atom is -0.493 e. The van der Waals surface area contributed by atoms with E-state index in [1.165, 1.54) is 6.08 Å². The van der Waals surface area contributed by atoms with E-state index in [2.05, 4.69) is 5.32 Å². The van der Waals surface area contributed by atoms with Gasteiger partial charge in [0.1, 0.15) is 11.8 Å². The van der Waals surface area contributed by atoms with Crippen LogP contribution in [0.3, 0.4) is 0 Å². The van der Waals surface area contributed by atoms with Crippen LogP contribution in [0.4, 0.5) is 0 Å². The van der Waals surface area contributed by atoms with E-state index in [-0.39, 0.29) is 13.0 Å². The third-order valence-corrected chi connectivity index (χ3v) is 3.17. The van der Waals surface area contributed by atoms with Crippen molar-refractivity contribution in [3.8, 4) is 5.75 Å². The van der Waals surface area contributed by atoms with Crippen molar-refractivity contribution in [3.63, 3.8) is 0 Å². The number of rotatable bonds is 6. The van der Waals surface area contributed by atoms with Crippen molar-refractivity contribution in [3.05, 3.63) is 35.4 Å². The highest BCUT2D eigenvalue weighted by Crippen LogP contribution is 2.26. The molecule has 1 heterocycles. The lowest BCUT2D eigenvalue weighted by Gasteiger charge is -2.11. The number of benzene rings is 1. The summed E-state index contributed by atoms with van der Waals surface area (Å²) >= 11 is 0. The van der Waals surface area contributed by atoms with Crippen LogP contribution >= 0.6 is 0 Å². The van der Waals surface area contributed by atoms with Gasteiger partial charge in [-0.1, -0.05) is 6.07 Å². The van der Waals surface area contributed by atoms with E-state index in [0.717, 1.165) is 23.3 Å². The number of carboxylic acids is 1. The van der Waals surface area contributed by atoms with Crippen LogP contribution in [0.15, 0.2) is 24.3 Å². The molecule has 1 amide bonds. The maximum absolute atomic E-state index is 11.7. The largest absolute Gasteiger partial charge is 0.493 e. The Morgan fingerprint density at radius 2 is 2.24 bits per heavy atom. The Labute approximate surface area is 122 Å². The summed E-state index contributed by atoms with van der Waals surface area (Å²) in [4.78, 5) is 22.5. The van der Waals surface area contributed by atoms with E-state index in [4.69, 9.17) is 14.9 Å². The van der Waals surface area contributed by atoms with E-state index >= 15 is 0 Å². The molecule has 0 saturated heterocycles. The first-order chi connectivity index (χ1) is 10.1. The zero-order valence-electron chi connectivity index (χ0n) is 11.4. The smallest absolute Gasteiger partial charge is 0.326 e. The van der Waals surface area contributed by atoms with Crippen LogP contribution in [0, 0.1) is 0 Å². The predicted octanol–water partition coefficient (Wildman–Crippen LogP) is 0.586. The van der Waals surface area contributed by atoms with Gasteiger partial charge in [0.2, 0.25) is 5.91 Å². The highest BCUT2D eigenvalue weighted by atomic mass is 16.5. The van der Waals surface area contributed by atoms with Crippen molar-refractivity contribution >= 4 is 18.0 Å². The molecule has 0 fully saturated rings. The number of ether oxygens (including phenoxy) is 1. The number of hydrogen-bond donors (Lipinski definition) is 3. The van der Waals surface area contributed by atoms with Crippen molar-refractivity contribution in [2.24, 2.45) is 0 Å². The summed E-state index contributed by atoms with van der Waals surface area (Å²) in [7, 11) is 0. The SMILES string of the molecule is O=C(/C=C/c1ccc2c(c1)CCO2)N[C@@H](CCO)C(=O)O. The standard InChI is InChI=1S/C15H17NO5/c17-7-5-12(15(19)20)16-14(18)4-2-10-1-3-13-11(9-10)6-8-21-13/h1-4,9,12,17H,5-8H2,(H,16,18)(H,19,20)/b4-2+/t12-/m0/s1. The highest BCUT2D eigenvalue weighted by molar-refractivity contribution is 5.94. The first-order valence-corrected chi connectivity index (χ1v) is 6.68. The number of aliphatic hydroxyl groups is 1. The maximum Gasteiger partial charge on any atom is 0.326 e. The molecule has 0 aliphatic carbocycles. The summed E-state index contributed by atoms with van der Waals surface area (Å²) in [6, 6.07) is 4.54. The van der Waals surface area contributed by atoms with Gasteiger partial charge in [-0.05, 0) is 29.3 Å². The van der Waals surface area contributed by atoms with E-state index in [9.17, 15) is 9.59 Å². The zero-order valence-corrected chi connectivity index (χ0v) is 11.4. The number of aliphatic hydroxyl groups excluding tert-OH is 1. The van der Waals surface area contributed by atoms with Gasteiger partial charge in [-0.3, -0.25) is 4.79 Å². The van der Waals surface area contributed by atoms with Gasteiger partial charge in [0.05, 0.1) is 6.61 Å². The van der Waals surface area contributed by atoms with E-state index < -0.39 is 17.9 Å². The Kier molecular flexibility index (Phi) is 4.94. The molecule has 1 aliphatic heterocycles. The molecule has 1 aromatic rings. The van der Waals surface area contributed by atoms with Crippen molar-refractivity contribution in [2.45, 2.75) is 18.9 Å². The molecule has 0 radical (unpaired) electrons. The van der Waals surface area contributed by atoms with Gasteiger partial charge in [0, 0.05) is 25.5 Å². The van der Waals surface area contributed by atoms with Gasteiger partial charge < -0.3 is 20.3 Å². The van der Waals surface area contributed by atoms with Crippen LogP contribution in [-0.2, 0) is 16.0 Å². The number of carbonyl (C=O) groups excluding carboxylic acids is 1. The highest BCUT2D eigenvalue weighted by Gasteiger charge is 2.17. The summed E-state index contributed by atoms with van der Waals surface area (Å²) in [5.41, 5.74) is 1.95. The van der Waals surface area contributed by atoms with Gasteiger partial charge >= 0.3 is 5.97 Å². The first kappa shape index (κ1) is 15.1. The molecule has 1 atom stereocenters. The van der Waals surface area contributed by atoms with Crippen LogP contribution in [0.25, 0.3) is 6.08 Å². The molecule has 6 heteroatoms. The molecular formula is C15H17NO5. The van der Waals surface area contributed by atoms with Crippen LogP contribution in [0.2, 0.25) is 0 Å². The number of aliphatic carboxylic acids is 1. The van der Waals surface area contributed by atoms with Crippen LogP contribution < -0.4 is 10.1 Å². The Morgan fingerprint density at radius 1 is 1.43 bits per heavy atom. The minimum atomic E-state index is -1.17. The average molecular weight is 291 g/mol. The molecule has 112 valence electrons. The van der Waals surface area contributed by atoms with Crippen molar-refractivity contribution in [1.29, 1.82) is 0 Å². The molecule has 0 bridgehead atoms. The van der Waals surface area contributed by atoms with Gasteiger partial charge in [-0.15, -0.1) is 0 Å². The molecule has 1 aliphatic rings. The molecule has 0 aromatic heterocycles. The Balaban J connectivity index is 1.97. The quantitative estimate of drug-likeness (QED) is 0.667. The number of hydrogen-bond acceptors (Lipinski definition) is 4. The Hall–Kier alpha value is -2.34. The lowest BCUT2D eigenvalue weighted by atomic mass is 10.1. The van der Waals surface area contributed by atoms with E-state index in [1.807, 2.05) is 18.2 Å². The predicted molar refractivity (Wildman–Crippen MR) is 75.9 cm³/mol. The molecule has 1 aromatic carbocycles. The number of fused-ring (bicyclic) bond motifs is 1. The van der Waals surface area contributed by atoms with Crippen LogP contribution in [0.1, 0.15) is 17.5 Å². The molecule has 0 saturated carbocycles. The van der Waals surface area contributed by atoms with Gasteiger partial charge in [-0.2, -0.15) is 0 Å². The molecular weight excluding hydrogens is 274 g/mol. The van der Waals surface area contributed by atoms with Crippen molar-refractivity contribution < 1.29 is 24.5 Å². The summed E-state index contributed by atoms with van der Waals surface area (Å²) in [6.07, 6.45) is 3.72. The lowest BCUT2D eigenvalue weighted by molar-refractivity contribution is -0.141. The van der Waals surface area contributed by atoms with E-state index in [1.54, 1.807) is 6.08 Å². The van der Waals surface area contributed by atoms with Gasteiger partial charge in [0.25, 0.3) is 0 Å². The normalized spacial score (nSPS) is 14.5. The van der Waals surface area contributed by atoms with E-state index in [0.29, 0.717) is 6.61 Å². The molecule has 6 nitrogen and oxygen atoms in total. The molecule has 3 N–H and O–H groups in total. The molecule has 0 spiro atoms. The molecule has 2 rings (SSSR count). The second-order valence-corrected chi connectivity index (χ2v) is 4.71. The number of nitrogens with one attached hydrogen (secondary N) is 1. The summed E-state index contributed by atoms with van der Waals surface area (Å²) in [5.74, 6) is -0.807. The van der Waals surface area contributed by atoms with Crippen molar-refractivity contribution in [1.82, 2.24) is 5.32 Å². The van der Waals surface area contributed by atoms with Gasteiger partial charge in [0.15, 0.2) is 0 Å². The topological polar surface area (TPSA) is 95.9 Å². The maximum atomic E-state index is 11.7. The fraction of sp³-hybridized carbons (Fsp3) is 0.333. The van der Waals surface area contributed by atoms with Crippen LogP contribution in [0.5, 0.6) is 5.75 Å². The number of carbonyl (C=O) groups is 2. The molecule has 0 unspecified atom stereocenters. The fourth-order valence-electron chi connectivity index (χ4n) is 2.09. The van der Waals surface area contributed by atoms with Crippen LogP contribution in [-0.4, -0.2) is 41.3 Å². The second kappa shape index (κ2) is 6.90. The minimum absolute atomic E-state index is 0.0227. The number of amides is 1. The summed E-state index contributed by atoms with van der Waals surface area (Å²) < 4.78 is 5.39. The summed E-state index contributed by atoms with van der Waals surface area (Å²) in [5, 5.41) is 20.0. The lowest BCUT2D eigenvalue weighted by Crippen LogP contribution is -2.40. The first-order valence-electron chi connectivity index (χ1n) is 6.68. The Morgan fingerprint density at radius 3 is 2.95 bits per heavy atom. The van der Waals surface area contributed by atoms with Gasteiger partial charge in [-0.25, -0.2) is 4.79 Å². The second-order valence-electron chi connectivity index (χ2n) is 4.71. The fourth-order valence-corrected chi connectivity index (χ4v) is 2.09. The Bertz CT molecular complexity index is 567. The third kappa shape index (κ3) is 4.06. The third-order valence-electron chi connectivity index (χ3n) is 3.17. The molecule has 21 heavy (non-hydrogen) atoms. The zero-order chi connectivity index (χ0) is 15.2. The average Bonchev–Trinajstić information content (AvgIpc) is 2.92. The monoisotopic (exact) mass is 291 g/mol. The summed E-state index contributed by atoms with van der Waals surface area (Å²) in [6.45, 7) is 0.371.